The zero-order chi connectivity index (χ0) is 13.5. The third-order valence-corrected chi connectivity index (χ3v) is 3.86. The van der Waals surface area contributed by atoms with E-state index in [-0.39, 0.29) is 0 Å². The summed E-state index contributed by atoms with van der Waals surface area (Å²) < 4.78 is 5.64. The number of benzene rings is 1. The SMILES string of the molecule is COc1c(C(C)C)ccc(C(C)C)c1C1(O)CC1. The summed E-state index contributed by atoms with van der Waals surface area (Å²) in [5, 5.41) is 10.6. The van der Waals surface area contributed by atoms with Gasteiger partial charge in [-0.2, -0.15) is 0 Å². The molecule has 1 aromatic rings. The van der Waals surface area contributed by atoms with Crippen LogP contribution in [0.5, 0.6) is 5.75 Å². The van der Waals surface area contributed by atoms with Crippen molar-refractivity contribution in [2.24, 2.45) is 0 Å². The van der Waals surface area contributed by atoms with Crippen LogP contribution in [0, 0.1) is 0 Å². The Hall–Kier alpha value is -1.02. The Labute approximate surface area is 110 Å². The fraction of sp³-hybridized carbons (Fsp3) is 0.625. The van der Waals surface area contributed by atoms with Crippen LogP contribution in [-0.2, 0) is 5.60 Å². The molecule has 2 heteroatoms. The van der Waals surface area contributed by atoms with Crippen molar-refractivity contribution in [3.63, 3.8) is 0 Å². The summed E-state index contributed by atoms with van der Waals surface area (Å²) in [7, 11) is 1.71. The molecule has 0 atom stereocenters. The highest BCUT2D eigenvalue weighted by Crippen LogP contribution is 2.53. The molecule has 0 unspecified atom stereocenters. The van der Waals surface area contributed by atoms with Crippen LogP contribution >= 0.6 is 0 Å². The smallest absolute Gasteiger partial charge is 0.128 e. The van der Waals surface area contributed by atoms with Crippen LogP contribution in [0.4, 0.5) is 0 Å². The van der Waals surface area contributed by atoms with E-state index in [1.807, 2.05) is 0 Å². The number of methoxy groups -OCH3 is 1. The minimum Gasteiger partial charge on any atom is -0.496 e. The van der Waals surface area contributed by atoms with E-state index in [9.17, 15) is 5.11 Å². The van der Waals surface area contributed by atoms with Crippen molar-refractivity contribution in [2.75, 3.05) is 7.11 Å². The maximum atomic E-state index is 10.6. The molecule has 1 aliphatic carbocycles. The lowest BCUT2D eigenvalue weighted by molar-refractivity contribution is 0.145. The molecule has 1 fully saturated rings. The van der Waals surface area contributed by atoms with E-state index in [4.69, 9.17) is 4.74 Å². The minimum absolute atomic E-state index is 0.403. The molecule has 18 heavy (non-hydrogen) atoms. The van der Waals surface area contributed by atoms with E-state index >= 15 is 0 Å². The summed E-state index contributed by atoms with van der Waals surface area (Å²) in [6.45, 7) is 8.65. The molecular formula is C16H24O2. The zero-order valence-electron chi connectivity index (χ0n) is 12.1. The minimum atomic E-state index is -0.643. The largest absolute Gasteiger partial charge is 0.496 e. The van der Waals surface area contributed by atoms with E-state index in [0.717, 1.165) is 24.2 Å². The van der Waals surface area contributed by atoms with E-state index in [2.05, 4.69) is 39.8 Å². The number of rotatable bonds is 4. The average molecular weight is 248 g/mol. The van der Waals surface area contributed by atoms with Gasteiger partial charge in [0, 0.05) is 5.56 Å². The maximum Gasteiger partial charge on any atom is 0.128 e. The maximum absolute atomic E-state index is 10.6. The molecule has 0 saturated heterocycles. The van der Waals surface area contributed by atoms with Gasteiger partial charge in [-0.15, -0.1) is 0 Å². The number of hydrogen-bond donors (Lipinski definition) is 1. The lowest BCUT2D eigenvalue weighted by Gasteiger charge is -2.24. The normalized spacial score (nSPS) is 17.3. The van der Waals surface area contributed by atoms with Crippen molar-refractivity contribution in [3.8, 4) is 5.75 Å². The number of ether oxygens (including phenoxy) is 1. The van der Waals surface area contributed by atoms with Gasteiger partial charge in [-0.05, 0) is 35.8 Å². The highest BCUT2D eigenvalue weighted by Gasteiger charge is 2.46. The predicted octanol–water partition coefficient (Wildman–Crippen LogP) is 3.92. The Morgan fingerprint density at radius 2 is 1.56 bits per heavy atom. The quantitative estimate of drug-likeness (QED) is 0.875. The van der Waals surface area contributed by atoms with Gasteiger partial charge in [-0.25, -0.2) is 0 Å². The molecule has 0 heterocycles. The van der Waals surface area contributed by atoms with Gasteiger partial charge in [0.05, 0.1) is 12.7 Å². The van der Waals surface area contributed by atoms with Crippen LogP contribution in [0.1, 0.15) is 69.1 Å². The summed E-state index contributed by atoms with van der Waals surface area (Å²) >= 11 is 0. The summed E-state index contributed by atoms with van der Waals surface area (Å²) in [5.41, 5.74) is 2.80. The first kappa shape index (κ1) is 13.4. The van der Waals surface area contributed by atoms with Gasteiger partial charge < -0.3 is 9.84 Å². The second-order valence-electron chi connectivity index (χ2n) is 5.99. The van der Waals surface area contributed by atoms with E-state index in [1.165, 1.54) is 11.1 Å². The Bertz CT molecular complexity index is 443. The van der Waals surface area contributed by atoms with E-state index in [1.54, 1.807) is 7.11 Å². The fourth-order valence-electron chi connectivity index (χ4n) is 2.62. The Morgan fingerprint density at radius 3 is 1.94 bits per heavy atom. The summed E-state index contributed by atoms with van der Waals surface area (Å²) in [4.78, 5) is 0. The van der Waals surface area contributed by atoms with Crippen LogP contribution in [0.25, 0.3) is 0 Å². The van der Waals surface area contributed by atoms with Crippen molar-refractivity contribution in [2.45, 2.75) is 58.0 Å². The highest BCUT2D eigenvalue weighted by molar-refractivity contribution is 5.53. The van der Waals surface area contributed by atoms with Crippen LogP contribution in [-0.4, -0.2) is 12.2 Å². The topological polar surface area (TPSA) is 29.5 Å². The Kier molecular flexibility index (Phi) is 3.41. The molecular weight excluding hydrogens is 224 g/mol. The lowest BCUT2D eigenvalue weighted by Crippen LogP contribution is -2.13. The molecule has 0 spiro atoms. The van der Waals surface area contributed by atoms with Gasteiger partial charge in [-0.1, -0.05) is 39.8 Å². The predicted molar refractivity (Wildman–Crippen MR) is 74.3 cm³/mol. The van der Waals surface area contributed by atoms with Crippen molar-refractivity contribution in [1.29, 1.82) is 0 Å². The zero-order valence-corrected chi connectivity index (χ0v) is 12.1. The molecule has 0 bridgehead atoms. The Morgan fingerprint density at radius 1 is 1.06 bits per heavy atom. The molecule has 1 N–H and O–H groups in total. The van der Waals surface area contributed by atoms with Gasteiger partial charge in [0.25, 0.3) is 0 Å². The second kappa shape index (κ2) is 4.58. The Balaban J connectivity index is 2.66. The molecule has 0 radical (unpaired) electrons. The van der Waals surface area contributed by atoms with Crippen molar-refractivity contribution < 1.29 is 9.84 Å². The number of hydrogen-bond acceptors (Lipinski definition) is 2. The summed E-state index contributed by atoms with van der Waals surface area (Å²) in [6, 6.07) is 4.31. The van der Waals surface area contributed by atoms with Gasteiger partial charge in [-0.3, -0.25) is 0 Å². The third-order valence-electron chi connectivity index (χ3n) is 3.86. The first-order chi connectivity index (χ1) is 8.40. The molecule has 0 aliphatic heterocycles. The monoisotopic (exact) mass is 248 g/mol. The van der Waals surface area contributed by atoms with E-state index in [0.29, 0.717) is 11.8 Å². The van der Waals surface area contributed by atoms with Gasteiger partial charge >= 0.3 is 0 Å². The van der Waals surface area contributed by atoms with Crippen LogP contribution < -0.4 is 4.74 Å². The van der Waals surface area contributed by atoms with Crippen molar-refractivity contribution >= 4 is 0 Å². The van der Waals surface area contributed by atoms with Gasteiger partial charge in [0.2, 0.25) is 0 Å². The van der Waals surface area contributed by atoms with Crippen molar-refractivity contribution in [3.05, 3.63) is 28.8 Å². The highest BCUT2D eigenvalue weighted by atomic mass is 16.5. The lowest BCUT2D eigenvalue weighted by atomic mass is 9.87. The van der Waals surface area contributed by atoms with Gasteiger partial charge in [0.15, 0.2) is 0 Å². The van der Waals surface area contributed by atoms with Crippen LogP contribution in [0.2, 0.25) is 0 Å². The molecule has 0 aromatic heterocycles. The molecule has 1 saturated carbocycles. The van der Waals surface area contributed by atoms with Crippen molar-refractivity contribution in [1.82, 2.24) is 0 Å². The fourth-order valence-corrected chi connectivity index (χ4v) is 2.62. The molecule has 1 aliphatic rings. The second-order valence-corrected chi connectivity index (χ2v) is 5.99. The van der Waals surface area contributed by atoms with E-state index < -0.39 is 5.60 Å². The molecule has 2 rings (SSSR count). The first-order valence-corrected chi connectivity index (χ1v) is 6.84. The molecule has 100 valence electrons. The van der Waals surface area contributed by atoms with Crippen LogP contribution in [0.15, 0.2) is 12.1 Å². The molecule has 0 amide bonds. The standard InChI is InChI=1S/C16H24O2/c1-10(2)12-6-7-13(11(3)4)15(18-5)14(12)16(17)8-9-16/h6-7,10-11,17H,8-9H2,1-5H3. The van der Waals surface area contributed by atoms with Gasteiger partial charge in [0.1, 0.15) is 5.75 Å². The first-order valence-electron chi connectivity index (χ1n) is 6.84. The molecule has 1 aromatic carbocycles. The van der Waals surface area contributed by atoms with Crippen LogP contribution in [0.3, 0.4) is 0 Å². The summed E-state index contributed by atoms with van der Waals surface area (Å²) in [6.07, 6.45) is 1.70. The number of aliphatic hydroxyl groups is 1. The summed E-state index contributed by atoms with van der Waals surface area (Å²) in [5.74, 6) is 1.71. The molecule has 2 nitrogen and oxygen atoms in total. The average Bonchev–Trinajstić information content (AvgIpc) is 3.06. The third kappa shape index (κ3) is 2.14.